The second-order valence-electron chi connectivity index (χ2n) is 6.60. The van der Waals surface area contributed by atoms with Crippen LogP contribution in [0.1, 0.15) is 31.9 Å². The molecule has 1 fully saturated rings. The second kappa shape index (κ2) is 3.86. The first-order valence-electron chi connectivity index (χ1n) is 7.15. The quantitative estimate of drug-likeness (QED) is 0.731. The Bertz CT molecular complexity index is 797. The van der Waals surface area contributed by atoms with Gasteiger partial charge in [-0.05, 0) is 41.5 Å². The van der Waals surface area contributed by atoms with Crippen LogP contribution in [0.3, 0.4) is 0 Å². The molecule has 1 aliphatic rings. The van der Waals surface area contributed by atoms with Gasteiger partial charge in [0.25, 0.3) is 0 Å². The van der Waals surface area contributed by atoms with Crippen LogP contribution in [0.4, 0.5) is 0 Å². The molecule has 3 aromatic rings. The van der Waals surface area contributed by atoms with Gasteiger partial charge < -0.3 is 9.52 Å². The van der Waals surface area contributed by atoms with E-state index in [4.69, 9.17) is 4.42 Å². The molecule has 0 spiro atoms. The molecule has 2 atom stereocenters. The van der Waals surface area contributed by atoms with Crippen LogP contribution < -0.4 is 0 Å². The van der Waals surface area contributed by atoms with E-state index in [-0.39, 0.29) is 11.5 Å². The standard InChI is InChI=1S/C18H18O2/c1-18(2)10-14(18)17(19)11-7-8-16-13(9-11)12-5-3-4-6-15(12)20-16/h3-9,14,17,19H,10H2,1-2H3. The predicted molar refractivity (Wildman–Crippen MR) is 80.6 cm³/mol. The fourth-order valence-electron chi connectivity index (χ4n) is 3.21. The van der Waals surface area contributed by atoms with Crippen molar-refractivity contribution in [3.63, 3.8) is 0 Å². The molecule has 20 heavy (non-hydrogen) atoms. The number of furan rings is 1. The van der Waals surface area contributed by atoms with E-state index >= 15 is 0 Å². The molecule has 2 aromatic carbocycles. The zero-order chi connectivity index (χ0) is 13.9. The Balaban J connectivity index is 1.84. The monoisotopic (exact) mass is 266 g/mol. The molecule has 1 aliphatic carbocycles. The third kappa shape index (κ3) is 1.68. The lowest BCUT2D eigenvalue weighted by Gasteiger charge is -2.12. The maximum Gasteiger partial charge on any atom is 0.135 e. The fraction of sp³-hybridized carbons (Fsp3) is 0.333. The van der Waals surface area contributed by atoms with Gasteiger partial charge in [0.15, 0.2) is 0 Å². The highest BCUT2D eigenvalue weighted by Gasteiger charge is 2.50. The molecule has 1 aromatic heterocycles. The van der Waals surface area contributed by atoms with E-state index < -0.39 is 0 Å². The topological polar surface area (TPSA) is 33.4 Å². The van der Waals surface area contributed by atoms with Gasteiger partial charge in [0.1, 0.15) is 11.2 Å². The second-order valence-corrected chi connectivity index (χ2v) is 6.60. The molecule has 2 nitrogen and oxygen atoms in total. The van der Waals surface area contributed by atoms with Crippen molar-refractivity contribution in [2.45, 2.75) is 26.4 Å². The van der Waals surface area contributed by atoms with Crippen molar-refractivity contribution in [1.82, 2.24) is 0 Å². The number of rotatable bonds is 2. The normalized spacial score (nSPS) is 22.2. The minimum atomic E-state index is -0.372. The van der Waals surface area contributed by atoms with Crippen LogP contribution in [0.25, 0.3) is 21.9 Å². The largest absolute Gasteiger partial charge is 0.456 e. The molecular weight excluding hydrogens is 248 g/mol. The SMILES string of the molecule is CC1(C)CC1C(O)c1ccc2oc3ccccc3c2c1. The Labute approximate surface area is 118 Å². The van der Waals surface area contributed by atoms with Crippen LogP contribution in [-0.2, 0) is 0 Å². The van der Waals surface area contributed by atoms with Crippen LogP contribution in [0.15, 0.2) is 46.9 Å². The minimum Gasteiger partial charge on any atom is -0.456 e. The lowest BCUT2D eigenvalue weighted by molar-refractivity contribution is 0.138. The molecule has 0 aliphatic heterocycles. The van der Waals surface area contributed by atoms with Gasteiger partial charge in [-0.2, -0.15) is 0 Å². The van der Waals surface area contributed by atoms with Gasteiger partial charge in [-0.15, -0.1) is 0 Å². The summed E-state index contributed by atoms with van der Waals surface area (Å²) < 4.78 is 5.82. The van der Waals surface area contributed by atoms with E-state index in [2.05, 4.69) is 26.0 Å². The first-order valence-corrected chi connectivity index (χ1v) is 7.15. The number of benzene rings is 2. The molecule has 0 amide bonds. The maximum atomic E-state index is 10.5. The summed E-state index contributed by atoms with van der Waals surface area (Å²) >= 11 is 0. The van der Waals surface area contributed by atoms with Crippen molar-refractivity contribution < 1.29 is 9.52 Å². The molecule has 0 radical (unpaired) electrons. The Morgan fingerprint density at radius 3 is 2.55 bits per heavy atom. The summed E-state index contributed by atoms with van der Waals surface area (Å²) in [5.41, 5.74) is 3.06. The number of hydrogen-bond acceptors (Lipinski definition) is 2. The highest BCUT2D eigenvalue weighted by molar-refractivity contribution is 6.05. The average molecular weight is 266 g/mol. The van der Waals surface area contributed by atoms with Crippen molar-refractivity contribution in [1.29, 1.82) is 0 Å². The van der Waals surface area contributed by atoms with Crippen LogP contribution >= 0.6 is 0 Å². The van der Waals surface area contributed by atoms with Crippen molar-refractivity contribution >= 4 is 21.9 Å². The molecular formula is C18H18O2. The molecule has 1 N–H and O–H groups in total. The molecule has 0 bridgehead atoms. The summed E-state index contributed by atoms with van der Waals surface area (Å²) in [5, 5.41) is 12.7. The number of aliphatic hydroxyl groups excluding tert-OH is 1. The summed E-state index contributed by atoms with van der Waals surface area (Å²) in [6, 6.07) is 14.1. The van der Waals surface area contributed by atoms with E-state index in [0.717, 1.165) is 33.9 Å². The molecule has 1 saturated carbocycles. The van der Waals surface area contributed by atoms with Gasteiger partial charge in [-0.1, -0.05) is 38.1 Å². The Morgan fingerprint density at radius 2 is 1.80 bits per heavy atom. The van der Waals surface area contributed by atoms with Crippen LogP contribution in [0.5, 0.6) is 0 Å². The summed E-state index contributed by atoms with van der Waals surface area (Å²) in [6.07, 6.45) is 0.723. The molecule has 2 unspecified atom stereocenters. The molecule has 102 valence electrons. The lowest BCUT2D eigenvalue weighted by atomic mass is 9.98. The molecule has 4 rings (SSSR count). The van der Waals surface area contributed by atoms with Crippen LogP contribution in [0.2, 0.25) is 0 Å². The van der Waals surface area contributed by atoms with E-state index in [1.165, 1.54) is 0 Å². The fourth-order valence-corrected chi connectivity index (χ4v) is 3.21. The first-order chi connectivity index (χ1) is 9.56. The number of hydrogen-bond donors (Lipinski definition) is 1. The zero-order valence-corrected chi connectivity index (χ0v) is 11.8. The molecule has 0 saturated heterocycles. The average Bonchev–Trinajstić information content (AvgIpc) is 2.93. The predicted octanol–water partition coefficient (Wildman–Crippen LogP) is 4.67. The minimum absolute atomic E-state index is 0.271. The third-order valence-electron chi connectivity index (χ3n) is 4.71. The first kappa shape index (κ1) is 12.0. The van der Waals surface area contributed by atoms with Gasteiger partial charge in [-0.25, -0.2) is 0 Å². The smallest absolute Gasteiger partial charge is 0.135 e. The van der Waals surface area contributed by atoms with Gasteiger partial charge >= 0.3 is 0 Å². The Hall–Kier alpha value is -1.80. The number of para-hydroxylation sites is 1. The van der Waals surface area contributed by atoms with E-state index in [0.29, 0.717) is 5.92 Å². The third-order valence-corrected chi connectivity index (χ3v) is 4.71. The van der Waals surface area contributed by atoms with Crippen molar-refractivity contribution in [3.05, 3.63) is 48.0 Å². The lowest BCUT2D eigenvalue weighted by Crippen LogP contribution is -2.04. The zero-order valence-electron chi connectivity index (χ0n) is 11.8. The van der Waals surface area contributed by atoms with E-state index in [9.17, 15) is 5.11 Å². The van der Waals surface area contributed by atoms with E-state index in [1.807, 2.05) is 30.3 Å². The Kier molecular flexibility index (Phi) is 2.31. The van der Waals surface area contributed by atoms with Crippen molar-refractivity contribution in [2.75, 3.05) is 0 Å². The summed E-state index contributed by atoms with van der Waals surface area (Å²) in [6.45, 7) is 4.43. The van der Waals surface area contributed by atoms with Crippen LogP contribution in [0, 0.1) is 11.3 Å². The molecule has 1 heterocycles. The van der Waals surface area contributed by atoms with Crippen LogP contribution in [-0.4, -0.2) is 5.11 Å². The van der Waals surface area contributed by atoms with Crippen molar-refractivity contribution in [3.8, 4) is 0 Å². The summed E-state index contributed by atoms with van der Waals surface area (Å²) in [5.74, 6) is 0.373. The highest BCUT2D eigenvalue weighted by Crippen LogP contribution is 2.57. The maximum absolute atomic E-state index is 10.5. The Morgan fingerprint density at radius 1 is 1.10 bits per heavy atom. The van der Waals surface area contributed by atoms with E-state index in [1.54, 1.807) is 0 Å². The van der Waals surface area contributed by atoms with Gasteiger partial charge in [0.2, 0.25) is 0 Å². The van der Waals surface area contributed by atoms with Crippen molar-refractivity contribution in [2.24, 2.45) is 11.3 Å². The summed E-state index contributed by atoms with van der Waals surface area (Å²) in [7, 11) is 0. The van der Waals surface area contributed by atoms with Gasteiger partial charge in [-0.3, -0.25) is 0 Å². The number of fused-ring (bicyclic) bond motifs is 3. The molecule has 2 heteroatoms. The highest BCUT2D eigenvalue weighted by atomic mass is 16.3. The number of aliphatic hydroxyl groups is 1. The van der Waals surface area contributed by atoms with Gasteiger partial charge in [0, 0.05) is 10.8 Å². The summed E-state index contributed by atoms with van der Waals surface area (Å²) in [4.78, 5) is 0. The van der Waals surface area contributed by atoms with Gasteiger partial charge in [0.05, 0.1) is 6.10 Å².